The number of ether oxygens (including phenoxy) is 3. The van der Waals surface area contributed by atoms with Gasteiger partial charge in [-0.2, -0.15) is 13.2 Å². The average Bonchev–Trinajstić information content (AvgIpc) is 2.71. The highest BCUT2D eigenvalue weighted by Gasteiger charge is 2.28. The number of methoxy groups -OCH3 is 2. The molecule has 0 unspecified atom stereocenters. The molecule has 0 aliphatic heterocycles. The maximum Gasteiger partial charge on any atom is 0.422 e. The van der Waals surface area contributed by atoms with E-state index in [0.717, 1.165) is 12.3 Å². The molecule has 9 nitrogen and oxygen atoms in total. The van der Waals surface area contributed by atoms with Crippen molar-refractivity contribution in [1.29, 1.82) is 0 Å². The van der Waals surface area contributed by atoms with E-state index >= 15 is 0 Å². The number of hydrogen-bond donors (Lipinski definition) is 1. The monoisotopic (exact) mass is 429 g/mol. The second-order valence-electron chi connectivity index (χ2n) is 5.89. The molecule has 12 heteroatoms. The van der Waals surface area contributed by atoms with Gasteiger partial charge in [-0.25, -0.2) is 4.98 Å². The fraction of sp³-hybridized carbons (Fsp3) is 0.333. The molecule has 0 bridgehead atoms. The molecule has 1 N–H and O–H groups in total. The van der Waals surface area contributed by atoms with Crippen LogP contribution in [0.1, 0.15) is 15.9 Å². The van der Waals surface area contributed by atoms with E-state index in [-0.39, 0.29) is 35.8 Å². The molecule has 0 saturated heterocycles. The largest absolute Gasteiger partial charge is 0.493 e. The molecule has 0 atom stereocenters. The zero-order valence-corrected chi connectivity index (χ0v) is 16.0. The van der Waals surface area contributed by atoms with Crippen LogP contribution >= 0.6 is 0 Å². The number of benzene rings is 1. The summed E-state index contributed by atoms with van der Waals surface area (Å²) in [6.45, 7) is -1.43. The number of nitrogens with zero attached hydrogens (tertiary/aromatic N) is 2. The Morgan fingerprint density at radius 1 is 1.20 bits per heavy atom. The molecule has 162 valence electrons. The van der Waals surface area contributed by atoms with Gasteiger partial charge in [0, 0.05) is 24.4 Å². The zero-order valence-electron chi connectivity index (χ0n) is 16.0. The number of nitrogens with one attached hydrogen (secondary N) is 1. The summed E-state index contributed by atoms with van der Waals surface area (Å²) in [4.78, 5) is 26.5. The van der Waals surface area contributed by atoms with Gasteiger partial charge in [0.25, 0.3) is 11.6 Å². The SMILES string of the molecule is COc1cc(CCNC(=O)c2ccc(OCC(F)(F)F)nc2)c([N+](=O)[O-])cc1OC. The van der Waals surface area contributed by atoms with Crippen LogP contribution in [-0.2, 0) is 6.42 Å². The number of halogens is 3. The molecule has 0 aliphatic rings. The summed E-state index contributed by atoms with van der Waals surface area (Å²) in [6.07, 6.45) is -3.30. The molecule has 2 aromatic rings. The lowest BCUT2D eigenvalue weighted by molar-refractivity contribution is -0.385. The van der Waals surface area contributed by atoms with Gasteiger partial charge in [0.05, 0.1) is 30.8 Å². The van der Waals surface area contributed by atoms with Crippen LogP contribution in [0, 0.1) is 10.1 Å². The first-order valence-corrected chi connectivity index (χ1v) is 8.47. The highest BCUT2D eigenvalue weighted by molar-refractivity contribution is 5.93. The minimum absolute atomic E-state index is 0.0570. The van der Waals surface area contributed by atoms with E-state index in [2.05, 4.69) is 15.0 Å². The fourth-order valence-electron chi connectivity index (χ4n) is 2.45. The highest BCUT2D eigenvalue weighted by Crippen LogP contribution is 2.34. The summed E-state index contributed by atoms with van der Waals surface area (Å²) in [7, 11) is 2.75. The maximum atomic E-state index is 12.2. The van der Waals surface area contributed by atoms with Crippen molar-refractivity contribution in [2.75, 3.05) is 27.4 Å². The van der Waals surface area contributed by atoms with Gasteiger partial charge in [0.15, 0.2) is 18.1 Å². The van der Waals surface area contributed by atoms with Crippen molar-refractivity contribution in [1.82, 2.24) is 10.3 Å². The summed E-state index contributed by atoms with van der Waals surface area (Å²) < 4.78 is 51.0. The normalized spacial score (nSPS) is 11.0. The summed E-state index contributed by atoms with van der Waals surface area (Å²) in [6, 6.07) is 5.09. The summed E-state index contributed by atoms with van der Waals surface area (Å²) in [5, 5.41) is 13.8. The molecule has 0 fully saturated rings. The molecule has 2 rings (SSSR count). The number of nitro groups is 1. The standard InChI is InChI=1S/C18H18F3N3O6/c1-28-14-7-11(13(24(26)27)8-15(14)29-2)5-6-22-17(25)12-3-4-16(23-9-12)30-10-18(19,20)21/h3-4,7-9H,5-6,10H2,1-2H3,(H,22,25). The van der Waals surface area contributed by atoms with Gasteiger partial charge in [-0.15, -0.1) is 0 Å². The Labute approximate surface area is 168 Å². The molecule has 1 heterocycles. The van der Waals surface area contributed by atoms with Gasteiger partial charge in [0.2, 0.25) is 5.88 Å². The van der Waals surface area contributed by atoms with E-state index in [4.69, 9.17) is 9.47 Å². The quantitative estimate of drug-likeness (QED) is 0.482. The van der Waals surface area contributed by atoms with Crippen LogP contribution in [-0.4, -0.2) is 49.4 Å². The third kappa shape index (κ3) is 6.22. The Balaban J connectivity index is 1.99. The van der Waals surface area contributed by atoms with E-state index in [9.17, 15) is 28.1 Å². The van der Waals surface area contributed by atoms with Crippen molar-refractivity contribution in [2.45, 2.75) is 12.6 Å². The molecule has 0 radical (unpaired) electrons. The van der Waals surface area contributed by atoms with Gasteiger partial charge in [-0.05, 0) is 18.6 Å². The Bertz CT molecular complexity index is 903. The van der Waals surface area contributed by atoms with Gasteiger partial charge < -0.3 is 19.5 Å². The van der Waals surface area contributed by atoms with E-state index < -0.39 is 23.6 Å². The van der Waals surface area contributed by atoms with Crippen LogP contribution < -0.4 is 19.5 Å². The third-order valence-corrected chi connectivity index (χ3v) is 3.84. The van der Waals surface area contributed by atoms with Crippen LogP contribution in [0.2, 0.25) is 0 Å². The molecule has 30 heavy (non-hydrogen) atoms. The van der Waals surface area contributed by atoms with Crippen LogP contribution in [0.3, 0.4) is 0 Å². The number of amides is 1. The minimum atomic E-state index is -4.50. The molecule has 0 aliphatic carbocycles. The number of alkyl halides is 3. The van der Waals surface area contributed by atoms with Gasteiger partial charge >= 0.3 is 6.18 Å². The summed E-state index contributed by atoms with van der Waals surface area (Å²) in [5.41, 5.74) is 0.234. The number of nitro benzene ring substituents is 1. The first-order chi connectivity index (χ1) is 14.1. The number of carbonyl (C=O) groups excluding carboxylic acids is 1. The molecule has 1 amide bonds. The third-order valence-electron chi connectivity index (χ3n) is 3.84. The topological polar surface area (TPSA) is 113 Å². The number of aromatic nitrogens is 1. The number of rotatable bonds is 9. The second-order valence-corrected chi connectivity index (χ2v) is 5.89. The van der Waals surface area contributed by atoms with E-state index in [1.165, 1.54) is 32.4 Å². The second kappa shape index (κ2) is 9.76. The predicted molar refractivity (Wildman–Crippen MR) is 98.0 cm³/mol. The van der Waals surface area contributed by atoms with Crippen LogP contribution in [0.25, 0.3) is 0 Å². The van der Waals surface area contributed by atoms with Crippen molar-refractivity contribution < 1.29 is 37.1 Å². The Hall–Kier alpha value is -3.57. The lowest BCUT2D eigenvalue weighted by atomic mass is 10.1. The van der Waals surface area contributed by atoms with Crippen LogP contribution in [0.5, 0.6) is 17.4 Å². The van der Waals surface area contributed by atoms with Crippen LogP contribution in [0.4, 0.5) is 18.9 Å². The first-order valence-electron chi connectivity index (χ1n) is 8.47. The van der Waals surface area contributed by atoms with Crippen molar-refractivity contribution in [3.63, 3.8) is 0 Å². The Morgan fingerprint density at radius 2 is 1.87 bits per heavy atom. The lowest BCUT2D eigenvalue weighted by Gasteiger charge is -2.11. The number of pyridine rings is 1. The van der Waals surface area contributed by atoms with E-state index in [0.29, 0.717) is 11.3 Å². The molecular weight excluding hydrogens is 411 g/mol. The molecule has 0 spiro atoms. The zero-order chi connectivity index (χ0) is 22.3. The van der Waals surface area contributed by atoms with E-state index in [1.54, 1.807) is 0 Å². The van der Waals surface area contributed by atoms with Gasteiger partial charge in [-0.3, -0.25) is 14.9 Å². The van der Waals surface area contributed by atoms with Crippen molar-refractivity contribution in [3.8, 4) is 17.4 Å². The highest BCUT2D eigenvalue weighted by atomic mass is 19.4. The first kappa shape index (κ1) is 22.7. The number of carbonyl (C=O) groups is 1. The predicted octanol–water partition coefficient (Wildman–Crippen LogP) is 2.92. The number of hydrogen-bond acceptors (Lipinski definition) is 7. The lowest BCUT2D eigenvalue weighted by Crippen LogP contribution is -2.26. The van der Waals surface area contributed by atoms with Crippen LogP contribution in [0.15, 0.2) is 30.5 Å². The fourth-order valence-corrected chi connectivity index (χ4v) is 2.45. The Kier molecular flexibility index (Phi) is 7.39. The maximum absolute atomic E-state index is 12.2. The van der Waals surface area contributed by atoms with Crippen molar-refractivity contribution >= 4 is 11.6 Å². The summed E-state index contributed by atoms with van der Waals surface area (Å²) >= 11 is 0. The molecular formula is C18H18F3N3O6. The molecule has 1 aromatic heterocycles. The summed E-state index contributed by atoms with van der Waals surface area (Å²) in [5.74, 6) is -0.309. The Morgan fingerprint density at radius 3 is 2.40 bits per heavy atom. The smallest absolute Gasteiger partial charge is 0.422 e. The molecule has 1 aromatic carbocycles. The van der Waals surface area contributed by atoms with Gasteiger partial charge in [-0.1, -0.05) is 0 Å². The molecule has 0 saturated carbocycles. The minimum Gasteiger partial charge on any atom is -0.493 e. The van der Waals surface area contributed by atoms with Gasteiger partial charge in [0.1, 0.15) is 0 Å². The average molecular weight is 429 g/mol. The van der Waals surface area contributed by atoms with Crippen molar-refractivity contribution in [3.05, 3.63) is 51.7 Å². The van der Waals surface area contributed by atoms with Crippen molar-refractivity contribution in [2.24, 2.45) is 0 Å². The van der Waals surface area contributed by atoms with E-state index in [1.807, 2.05) is 0 Å².